The fourth-order valence-electron chi connectivity index (χ4n) is 1.31. The number of hydrogen-bond donors (Lipinski definition) is 1. The van der Waals surface area contributed by atoms with Crippen molar-refractivity contribution < 1.29 is 19.4 Å². The van der Waals surface area contributed by atoms with Crippen LogP contribution in [0.4, 0.5) is 0 Å². The van der Waals surface area contributed by atoms with Gasteiger partial charge in [-0.1, -0.05) is 11.6 Å². The summed E-state index contributed by atoms with van der Waals surface area (Å²) >= 11 is 6.05. The molecular weight excluding hydrogens is 258 g/mol. The molecule has 0 radical (unpaired) electrons. The summed E-state index contributed by atoms with van der Waals surface area (Å²) in [6, 6.07) is 4.70. The maximum Gasteiger partial charge on any atom is 0.346 e. The van der Waals surface area contributed by atoms with E-state index in [-0.39, 0.29) is 10.8 Å². The van der Waals surface area contributed by atoms with Crippen LogP contribution in [0.5, 0.6) is 11.5 Å². The van der Waals surface area contributed by atoms with Gasteiger partial charge in [-0.05, 0) is 23.8 Å². The summed E-state index contributed by atoms with van der Waals surface area (Å²) in [7, 11) is 2.88. The maximum atomic E-state index is 10.7. The van der Waals surface area contributed by atoms with E-state index in [1.807, 2.05) is 0 Å². The molecule has 5 nitrogen and oxygen atoms in total. The molecule has 0 atom stereocenters. The summed E-state index contributed by atoms with van der Waals surface area (Å²) < 4.78 is 10.1. The minimum Gasteiger partial charge on any atom is -0.493 e. The number of benzene rings is 1. The maximum absolute atomic E-state index is 10.7. The Bertz CT molecular complexity index is 546. The van der Waals surface area contributed by atoms with Crippen LogP contribution in [0.3, 0.4) is 0 Å². The number of ether oxygens (including phenoxy) is 2. The van der Waals surface area contributed by atoms with E-state index in [4.69, 9.17) is 31.4 Å². The van der Waals surface area contributed by atoms with Gasteiger partial charge in [-0.25, -0.2) is 4.79 Å². The normalized spacial score (nSPS) is 10.7. The molecule has 94 valence electrons. The van der Waals surface area contributed by atoms with Crippen LogP contribution in [-0.2, 0) is 4.79 Å². The lowest BCUT2D eigenvalue weighted by atomic mass is 10.1. The number of methoxy groups -OCH3 is 2. The molecule has 18 heavy (non-hydrogen) atoms. The van der Waals surface area contributed by atoms with E-state index in [0.717, 1.165) is 0 Å². The Labute approximate surface area is 109 Å². The number of aliphatic carboxylic acids is 1. The predicted molar refractivity (Wildman–Crippen MR) is 65.8 cm³/mol. The van der Waals surface area contributed by atoms with Crippen LogP contribution in [0, 0.1) is 11.3 Å². The van der Waals surface area contributed by atoms with Crippen LogP contribution in [0.15, 0.2) is 17.7 Å². The summed E-state index contributed by atoms with van der Waals surface area (Å²) in [4.78, 5) is 10.7. The summed E-state index contributed by atoms with van der Waals surface area (Å²) in [5.74, 6) is -0.604. The first-order valence-corrected chi connectivity index (χ1v) is 5.18. The Morgan fingerprint density at radius 2 is 2.11 bits per heavy atom. The molecule has 1 aromatic rings. The standard InChI is InChI=1S/C12H10ClNO4/c1-17-9-4-3-7(10(13)11(9)18-2)5-8(6-14)12(15)16/h3-5H,1-2H3,(H,15,16). The molecule has 0 aliphatic rings. The summed E-state index contributed by atoms with van der Waals surface area (Å²) in [5, 5.41) is 17.6. The van der Waals surface area contributed by atoms with E-state index in [9.17, 15) is 4.79 Å². The lowest BCUT2D eigenvalue weighted by Crippen LogP contribution is -1.98. The summed E-state index contributed by atoms with van der Waals surface area (Å²) in [5.41, 5.74) is -0.0441. The quantitative estimate of drug-likeness (QED) is 0.669. The van der Waals surface area contributed by atoms with Gasteiger partial charge in [-0.2, -0.15) is 5.26 Å². The molecule has 6 heteroatoms. The van der Waals surface area contributed by atoms with E-state index in [1.165, 1.54) is 20.3 Å². The SMILES string of the molecule is COc1ccc(C=C(C#N)C(=O)O)c(Cl)c1OC. The van der Waals surface area contributed by atoms with Gasteiger partial charge in [0.25, 0.3) is 0 Å². The molecule has 0 fully saturated rings. The van der Waals surface area contributed by atoms with E-state index >= 15 is 0 Å². The average Bonchev–Trinajstić information content (AvgIpc) is 2.36. The first-order chi connectivity index (χ1) is 8.54. The molecule has 0 heterocycles. The van der Waals surface area contributed by atoms with E-state index in [1.54, 1.807) is 18.2 Å². The molecule has 1 N–H and O–H groups in total. The highest BCUT2D eigenvalue weighted by molar-refractivity contribution is 6.34. The van der Waals surface area contributed by atoms with Gasteiger partial charge in [0.1, 0.15) is 11.6 Å². The van der Waals surface area contributed by atoms with Gasteiger partial charge in [-0.3, -0.25) is 0 Å². The Hall–Kier alpha value is -2.19. The highest BCUT2D eigenvalue weighted by Gasteiger charge is 2.14. The molecule has 0 saturated heterocycles. The minimum atomic E-state index is -1.32. The third-order valence-electron chi connectivity index (χ3n) is 2.17. The molecule has 0 unspecified atom stereocenters. The monoisotopic (exact) mass is 267 g/mol. The molecule has 1 aromatic carbocycles. The summed E-state index contributed by atoms with van der Waals surface area (Å²) in [6.45, 7) is 0. The van der Waals surface area contributed by atoms with E-state index in [2.05, 4.69) is 0 Å². The van der Waals surface area contributed by atoms with Crippen molar-refractivity contribution in [3.8, 4) is 17.6 Å². The highest BCUT2D eigenvalue weighted by Crippen LogP contribution is 2.38. The zero-order valence-electron chi connectivity index (χ0n) is 9.73. The number of carboxylic acid groups (broad SMARTS) is 1. The van der Waals surface area contributed by atoms with Crippen LogP contribution < -0.4 is 9.47 Å². The second-order valence-electron chi connectivity index (χ2n) is 3.18. The number of carboxylic acids is 1. The van der Waals surface area contributed by atoms with Crippen molar-refractivity contribution in [2.75, 3.05) is 14.2 Å². The Morgan fingerprint density at radius 3 is 2.56 bits per heavy atom. The third kappa shape index (κ3) is 2.73. The molecule has 0 spiro atoms. The number of nitrogens with zero attached hydrogens (tertiary/aromatic N) is 1. The van der Waals surface area contributed by atoms with Gasteiger partial charge in [-0.15, -0.1) is 0 Å². The molecule has 0 aliphatic heterocycles. The number of hydrogen-bond acceptors (Lipinski definition) is 4. The van der Waals surface area contributed by atoms with Crippen molar-refractivity contribution >= 4 is 23.6 Å². The Balaban J connectivity index is 3.37. The molecule has 0 aromatic heterocycles. The van der Waals surface area contributed by atoms with Crippen molar-refractivity contribution in [2.45, 2.75) is 0 Å². The third-order valence-corrected chi connectivity index (χ3v) is 2.56. The van der Waals surface area contributed by atoms with Crippen molar-refractivity contribution in [2.24, 2.45) is 0 Å². The molecule has 0 bridgehead atoms. The first kappa shape index (κ1) is 13.9. The van der Waals surface area contributed by atoms with Crippen molar-refractivity contribution in [1.29, 1.82) is 5.26 Å². The first-order valence-electron chi connectivity index (χ1n) is 4.80. The fourth-order valence-corrected chi connectivity index (χ4v) is 1.60. The zero-order valence-corrected chi connectivity index (χ0v) is 10.5. The van der Waals surface area contributed by atoms with Gasteiger partial charge >= 0.3 is 5.97 Å². The number of carbonyl (C=O) groups is 1. The van der Waals surface area contributed by atoms with Crippen LogP contribution in [0.25, 0.3) is 6.08 Å². The smallest absolute Gasteiger partial charge is 0.346 e. The molecule has 0 amide bonds. The summed E-state index contributed by atoms with van der Waals surface area (Å²) in [6.07, 6.45) is 1.17. The lowest BCUT2D eigenvalue weighted by molar-refractivity contribution is -0.132. The second kappa shape index (κ2) is 5.94. The Morgan fingerprint density at radius 1 is 1.44 bits per heavy atom. The molecule has 1 rings (SSSR count). The zero-order chi connectivity index (χ0) is 13.7. The van der Waals surface area contributed by atoms with Crippen molar-refractivity contribution in [1.82, 2.24) is 0 Å². The molecule has 0 aliphatic carbocycles. The van der Waals surface area contributed by atoms with E-state index in [0.29, 0.717) is 11.3 Å². The largest absolute Gasteiger partial charge is 0.493 e. The van der Waals surface area contributed by atoms with Crippen LogP contribution in [-0.4, -0.2) is 25.3 Å². The van der Waals surface area contributed by atoms with Gasteiger partial charge in [0.05, 0.1) is 19.2 Å². The molecule has 0 saturated carbocycles. The van der Waals surface area contributed by atoms with Crippen LogP contribution in [0.2, 0.25) is 5.02 Å². The van der Waals surface area contributed by atoms with Crippen LogP contribution in [0.1, 0.15) is 5.56 Å². The van der Waals surface area contributed by atoms with Crippen LogP contribution >= 0.6 is 11.6 Å². The number of rotatable bonds is 4. The molecular formula is C12H10ClNO4. The van der Waals surface area contributed by atoms with Gasteiger partial charge in [0, 0.05) is 0 Å². The Kier molecular flexibility index (Phi) is 4.58. The van der Waals surface area contributed by atoms with Gasteiger partial charge < -0.3 is 14.6 Å². The van der Waals surface area contributed by atoms with Gasteiger partial charge in [0.2, 0.25) is 0 Å². The van der Waals surface area contributed by atoms with Crippen molar-refractivity contribution in [3.63, 3.8) is 0 Å². The predicted octanol–water partition coefficient (Wildman–Crippen LogP) is 2.35. The number of halogens is 1. The second-order valence-corrected chi connectivity index (χ2v) is 3.56. The average molecular weight is 268 g/mol. The topological polar surface area (TPSA) is 79.5 Å². The van der Waals surface area contributed by atoms with Crippen molar-refractivity contribution in [3.05, 3.63) is 28.3 Å². The lowest BCUT2D eigenvalue weighted by Gasteiger charge is -2.10. The number of nitriles is 1. The fraction of sp³-hybridized carbons (Fsp3) is 0.167. The van der Waals surface area contributed by atoms with Gasteiger partial charge in [0.15, 0.2) is 11.5 Å². The highest BCUT2D eigenvalue weighted by atomic mass is 35.5. The van der Waals surface area contributed by atoms with E-state index < -0.39 is 11.5 Å². The minimum absolute atomic E-state index is 0.186.